The Morgan fingerprint density at radius 3 is 2.33 bits per heavy atom. The quantitative estimate of drug-likeness (QED) is 0.419. The third kappa shape index (κ3) is 2.06. The van der Waals surface area contributed by atoms with Crippen molar-refractivity contribution < 1.29 is 34.1 Å². The summed E-state index contributed by atoms with van der Waals surface area (Å²) in [5.41, 5.74) is -0.263. The fourth-order valence-corrected chi connectivity index (χ4v) is 1.25. The van der Waals surface area contributed by atoms with Gasteiger partial charge in [-0.1, -0.05) is 0 Å². The average Bonchev–Trinajstić information content (AvgIpc) is 2.38. The molecule has 0 fully saturated rings. The third-order valence-corrected chi connectivity index (χ3v) is 2.16. The molecule has 1 aromatic heterocycles. The van der Waals surface area contributed by atoms with Crippen LogP contribution in [0, 0.1) is 0 Å². The van der Waals surface area contributed by atoms with E-state index in [0.29, 0.717) is 0 Å². The Labute approximate surface area is 99.8 Å². The second kappa shape index (κ2) is 4.51. The van der Waals surface area contributed by atoms with E-state index in [4.69, 9.17) is 0 Å². The zero-order valence-electron chi connectivity index (χ0n) is 8.77. The largest absolute Gasteiger partial charge is 0.405 e. The van der Waals surface area contributed by atoms with Crippen LogP contribution < -0.4 is 4.74 Å². The lowest BCUT2D eigenvalue weighted by atomic mass is 10.2. The summed E-state index contributed by atoms with van der Waals surface area (Å²) in [6.07, 6.45) is -3.11. The van der Waals surface area contributed by atoms with Gasteiger partial charge in [-0.05, 0) is 12.1 Å². The molecule has 0 saturated carbocycles. The van der Waals surface area contributed by atoms with Gasteiger partial charge in [-0.25, -0.2) is 19.4 Å². The third-order valence-electron chi connectivity index (χ3n) is 2.16. The molecule has 2 N–H and O–H groups in total. The minimum Gasteiger partial charge on any atom is -0.405 e. The monoisotopic (exact) mass is 253 g/mol. The van der Waals surface area contributed by atoms with E-state index in [0.717, 1.165) is 0 Å². The lowest BCUT2D eigenvalue weighted by Gasteiger charge is -2.11. The molecule has 1 aliphatic heterocycles. The molecule has 0 amide bonds. The van der Waals surface area contributed by atoms with Crippen LogP contribution in [-0.2, 0) is 14.3 Å². The highest BCUT2D eigenvalue weighted by atomic mass is 16.6. The molecule has 94 valence electrons. The molecule has 0 aromatic carbocycles. The summed E-state index contributed by atoms with van der Waals surface area (Å²) in [7, 11) is 0. The highest BCUT2D eigenvalue weighted by Crippen LogP contribution is 2.19. The number of rotatable bonds is 0. The van der Waals surface area contributed by atoms with Crippen LogP contribution in [0.3, 0.4) is 0 Å². The molecule has 1 aromatic rings. The van der Waals surface area contributed by atoms with Gasteiger partial charge in [-0.2, -0.15) is 0 Å². The first-order chi connectivity index (χ1) is 8.50. The van der Waals surface area contributed by atoms with Gasteiger partial charge in [-0.3, -0.25) is 0 Å². The van der Waals surface area contributed by atoms with Crippen molar-refractivity contribution in [1.82, 2.24) is 4.98 Å². The van der Waals surface area contributed by atoms with Crippen LogP contribution in [-0.4, -0.2) is 45.3 Å². The number of aromatic nitrogens is 1. The maximum Gasteiger partial charge on any atom is 0.351 e. The van der Waals surface area contributed by atoms with E-state index >= 15 is 0 Å². The standard InChI is InChI=1S/C10H7NO7/c12-5-6(13)10(16)18-8(14)4-2-1-3-11-7(4)17-9(5)15/h1-3,5-6,12-13H. The van der Waals surface area contributed by atoms with Gasteiger partial charge in [0.25, 0.3) is 0 Å². The number of fused-ring (bicyclic) bond motifs is 1. The lowest BCUT2D eigenvalue weighted by molar-refractivity contribution is -0.164. The molecule has 0 radical (unpaired) electrons. The Balaban J connectivity index is 2.47. The molecular formula is C10H7NO7. The second-order valence-corrected chi connectivity index (χ2v) is 3.38. The van der Waals surface area contributed by atoms with Crippen molar-refractivity contribution in [3.8, 4) is 5.88 Å². The topological polar surface area (TPSA) is 123 Å². The van der Waals surface area contributed by atoms with E-state index in [1.54, 1.807) is 0 Å². The van der Waals surface area contributed by atoms with Gasteiger partial charge in [0.1, 0.15) is 5.56 Å². The summed E-state index contributed by atoms with van der Waals surface area (Å²) in [6, 6.07) is 2.58. The molecule has 2 heterocycles. The van der Waals surface area contributed by atoms with E-state index in [2.05, 4.69) is 14.5 Å². The first-order valence-corrected chi connectivity index (χ1v) is 4.79. The van der Waals surface area contributed by atoms with Crippen molar-refractivity contribution in [2.75, 3.05) is 0 Å². The van der Waals surface area contributed by atoms with Crippen LogP contribution in [0.25, 0.3) is 0 Å². The number of pyridine rings is 1. The fourth-order valence-electron chi connectivity index (χ4n) is 1.25. The van der Waals surface area contributed by atoms with E-state index in [1.807, 2.05) is 0 Å². The summed E-state index contributed by atoms with van der Waals surface area (Å²) < 4.78 is 8.87. The summed E-state index contributed by atoms with van der Waals surface area (Å²) in [6.45, 7) is 0. The highest BCUT2D eigenvalue weighted by Gasteiger charge is 2.37. The van der Waals surface area contributed by atoms with Crippen molar-refractivity contribution in [3.05, 3.63) is 23.9 Å². The maximum atomic E-state index is 11.5. The van der Waals surface area contributed by atoms with Crippen LogP contribution in [0.15, 0.2) is 18.3 Å². The number of aliphatic hydroxyl groups is 2. The molecule has 1 aliphatic rings. The van der Waals surface area contributed by atoms with Gasteiger partial charge >= 0.3 is 17.9 Å². The van der Waals surface area contributed by atoms with E-state index in [1.165, 1.54) is 18.3 Å². The van der Waals surface area contributed by atoms with E-state index in [-0.39, 0.29) is 5.56 Å². The first kappa shape index (κ1) is 12.1. The molecule has 8 heteroatoms. The van der Waals surface area contributed by atoms with Crippen molar-refractivity contribution in [2.24, 2.45) is 0 Å². The Hall–Kier alpha value is -2.32. The summed E-state index contributed by atoms with van der Waals surface area (Å²) in [5, 5.41) is 18.5. The maximum absolute atomic E-state index is 11.5. The molecule has 2 unspecified atom stereocenters. The van der Waals surface area contributed by atoms with Crippen molar-refractivity contribution in [1.29, 1.82) is 0 Å². The molecule has 0 spiro atoms. The second-order valence-electron chi connectivity index (χ2n) is 3.38. The van der Waals surface area contributed by atoms with Crippen molar-refractivity contribution in [3.63, 3.8) is 0 Å². The number of nitrogens with zero attached hydrogens (tertiary/aromatic N) is 1. The molecule has 2 rings (SSSR count). The van der Waals surface area contributed by atoms with Crippen molar-refractivity contribution in [2.45, 2.75) is 12.2 Å². The molecule has 0 bridgehead atoms. The molecule has 0 aliphatic carbocycles. The zero-order valence-corrected chi connectivity index (χ0v) is 8.77. The first-order valence-electron chi connectivity index (χ1n) is 4.79. The number of esters is 3. The van der Waals surface area contributed by atoms with Crippen LogP contribution in [0.2, 0.25) is 0 Å². The number of ether oxygens (including phenoxy) is 2. The van der Waals surface area contributed by atoms with Gasteiger partial charge in [0.05, 0.1) is 0 Å². The Kier molecular flexibility index (Phi) is 3.04. The van der Waals surface area contributed by atoms with Gasteiger partial charge in [0.2, 0.25) is 5.88 Å². The molecule has 0 saturated heterocycles. The van der Waals surface area contributed by atoms with Gasteiger partial charge in [0.15, 0.2) is 12.2 Å². The minimum atomic E-state index is -2.20. The number of carbonyl (C=O) groups is 3. The van der Waals surface area contributed by atoms with E-state index < -0.39 is 36.0 Å². The summed E-state index contributed by atoms with van der Waals surface area (Å²) >= 11 is 0. The number of hydrogen-bond acceptors (Lipinski definition) is 8. The molecule has 18 heavy (non-hydrogen) atoms. The van der Waals surface area contributed by atoms with Crippen LogP contribution in [0.5, 0.6) is 5.88 Å². The Morgan fingerprint density at radius 2 is 1.67 bits per heavy atom. The van der Waals surface area contributed by atoms with Gasteiger partial charge in [-0.15, -0.1) is 0 Å². The van der Waals surface area contributed by atoms with Crippen LogP contribution in [0.1, 0.15) is 10.4 Å². The van der Waals surface area contributed by atoms with Crippen molar-refractivity contribution >= 4 is 17.9 Å². The minimum absolute atomic E-state index is 0.263. The van der Waals surface area contributed by atoms with E-state index in [9.17, 15) is 24.6 Å². The predicted molar refractivity (Wildman–Crippen MR) is 52.3 cm³/mol. The lowest BCUT2D eigenvalue weighted by Crippen LogP contribution is -2.42. The fraction of sp³-hybridized carbons (Fsp3) is 0.200. The Bertz CT molecular complexity index is 527. The number of cyclic esters (lactones) is 2. The molecule has 2 atom stereocenters. The Morgan fingerprint density at radius 1 is 1.06 bits per heavy atom. The average molecular weight is 253 g/mol. The van der Waals surface area contributed by atoms with Crippen LogP contribution in [0.4, 0.5) is 0 Å². The summed E-state index contributed by atoms with van der Waals surface area (Å²) in [5.74, 6) is -4.30. The molecule has 8 nitrogen and oxygen atoms in total. The normalized spacial score (nSPS) is 24.2. The number of aliphatic hydroxyl groups excluding tert-OH is 2. The predicted octanol–water partition coefficient (Wildman–Crippen LogP) is -1.59. The number of hydrogen-bond donors (Lipinski definition) is 2. The van der Waals surface area contributed by atoms with Gasteiger partial charge in [0, 0.05) is 6.20 Å². The number of carbonyl (C=O) groups excluding carboxylic acids is 3. The molecular weight excluding hydrogens is 246 g/mol. The summed E-state index contributed by atoms with van der Waals surface area (Å²) in [4.78, 5) is 37.7. The van der Waals surface area contributed by atoms with Crippen LogP contribution >= 0.6 is 0 Å². The SMILES string of the molecule is O=C1OC(=O)C(O)C(O)C(=O)Oc2ncccc21. The van der Waals surface area contributed by atoms with Gasteiger partial charge < -0.3 is 19.7 Å². The zero-order chi connectivity index (χ0) is 13.3. The smallest absolute Gasteiger partial charge is 0.351 e. The highest BCUT2D eigenvalue weighted by molar-refractivity contribution is 6.02.